The first-order valence-corrected chi connectivity index (χ1v) is 9.15. The number of hydrogen-bond acceptors (Lipinski definition) is 4. The maximum absolute atomic E-state index is 12.6. The lowest BCUT2D eigenvalue weighted by Gasteiger charge is -2.23. The minimum absolute atomic E-state index is 0.271. The van der Waals surface area contributed by atoms with Gasteiger partial charge in [0, 0.05) is 10.4 Å². The van der Waals surface area contributed by atoms with Crippen LogP contribution < -0.4 is 5.32 Å². The maximum atomic E-state index is 12.6. The van der Waals surface area contributed by atoms with Crippen LogP contribution in [0.5, 0.6) is 0 Å². The van der Waals surface area contributed by atoms with Crippen molar-refractivity contribution in [2.24, 2.45) is 11.8 Å². The Balaban J connectivity index is 1.81. The van der Waals surface area contributed by atoms with Crippen LogP contribution >= 0.6 is 11.3 Å². The van der Waals surface area contributed by atoms with Crippen LogP contribution in [0.1, 0.15) is 24.6 Å². The first-order valence-electron chi connectivity index (χ1n) is 8.34. The molecule has 1 amide bonds. The third kappa shape index (κ3) is 3.79. The van der Waals surface area contributed by atoms with E-state index in [9.17, 15) is 14.7 Å². The summed E-state index contributed by atoms with van der Waals surface area (Å²) in [4.78, 5) is 29.6. The maximum Gasteiger partial charge on any atom is 0.307 e. The van der Waals surface area contributed by atoms with Crippen LogP contribution in [-0.2, 0) is 16.0 Å². The monoisotopic (exact) mass is 356 g/mol. The van der Waals surface area contributed by atoms with Crippen molar-refractivity contribution in [1.82, 2.24) is 4.98 Å². The molecule has 0 unspecified atom stereocenters. The van der Waals surface area contributed by atoms with Crippen molar-refractivity contribution in [1.29, 1.82) is 0 Å². The fourth-order valence-electron chi connectivity index (χ4n) is 3.04. The Morgan fingerprint density at radius 1 is 1.20 bits per heavy atom. The normalized spacial score (nSPS) is 19.6. The zero-order chi connectivity index (χ0) is 17.8. The number of allylic oxidation sites excluding steroid dienone is 2. The number of hydrogen-bond donors (Lipinski definition) is 2. The van der Waals surface area contributed by atoms with Crippen molar-refractivity contribution >= 4 is 28.3 Å². The van der Waals surface area contributed by atoms with Gasteiger partial charge in [-0.3, -0.25) is 9.59 Å². The molecule has 2 atom stereocenters. The van der Waals surface area contributed by atoms with Crippen LogP contribution in [0.25, 0.3) is 11.3 Å². The lowest BCUT2D eigenvalue weighted by Crippen LogP contribution is -2.34. The van der Waals surface area contributed by atoms with Crippen LogP contribution in [-0.4, -0.2) is 22.0 Å². The summed E-state index contributed by atoms with van der Waals surface area (Å²) in [5.74, 6) is -2.43. The molecule has 6 heteroatoms. The van der Waals surface area contributed by atoms with Gasteiger partial charge in [-0.05, 0) is 19.3 Å². The van der Waals surface area contributed by atoms with Crippen molar-refractivity contribution in [3.8, 4) is 11.3 Å². The van der Waals surface area contributed by atoms with Gasteiger partial charge in [-0.2, -0.15) is 0 Å². The first kappa shape index (κ1) is 17.4. The molecule has 2 N–H and O–H groups in total. The molecule has 130 valence electrons. The highest BCUT2D eigenvalue weighted by Crippen LogP contribution is 2.33. The lowest BCUT2D eigenvalue weighted by atomic mass is 9.82. The zero-order valence-electron chi connectivity index (χ0n) is 13.9. The van der Waals surface area contributed by atoms with Crippen molar-refractivity contribution < 1.29 is 14.7 Å². The predicted molar refractivity (Wildman–Crippen MR) is 98.5 cm³/mol. The molecule has 0 saturated heterocycles. The summed E-state index contributed by atoms with van der Waals surface area (Å²) in [6.45, 7) is 2.05. The molecule has 0 radical (unpaired) electrons. The van der Waals surface area contributed by atoms with E-state index in [0.717, 1.165) is 22.6 Å². The largest absolute Gasteiger partial charge is 0.481 e. The van der Waals surface area contributed by atoms with Gasteiger partial charge >= 0.3 is 5.97 Å². The average molecular weight is 356 g/mol. The first-order chi connectivity index (χ1) is 12.1. The summed E-state index contributed by atoms with van der Waals surface area (Å²) < 4.78 is 0. The van der Waals surface area contributed by atoms with Gasteiger partial charge in [-0.15, -0.1) is 11.3 Å². The Bertz CT molecular complexity index is 798. The zero-order valence-corrected chi connectivity index (χ0v) is 14.8. The second-order valence-corrected chi connectivity index (χ2v) is 7.08. The van der Waals surface area contributed by atoms with Gasteiger partial charge in [0.25, 0.3) is 0 Å². The van der Waals surface area contributed by atoms with Gasteiger partial charge in [-0.1, -0.05) is 49.4 Å². The number of nitrogens with zero attached hydrogens (tertiary/aromatic N) is 1. The van der Waals surface area contributed by atoms with Crippen molar-refractivity contribution in [3.05, 3.63) is 47.4 Å². The van der Waals surface area contributed by atoms with E-state index in [1.807, 2.05) is 42.5 Å². The molecule has 0 fully saturated rings. The van der Waals surface area contributed by atoms with Gasteiger partial charge in [0.1, 0.15) is 0 Å². The lowest BCUT2D eigenvalue weighted by molar-refractivity contribution is -0.146. The number of carboxylic acids is 1. The number of thiazole rings is 1. The van der Waals surface area contributed by atoms with Gasteiger partial charge in [-0.25, -0.2) is 4.98 Å². The van der Waals surface area contributed by atoms with Crippen molar-refractivity contribution in [2.45, 2.75) is 26.2 Å². The number of aryl methyl sites for hydroxylation is 1. The molecule has 5 nitrogen and oxygen atoms in total. The Hall–Kier alpha value is -2.47. The Morgan fingerprint density at radius 3 is 2.52 bits per heavy atom. The molecule has 0 bridgehead atoms. The molecule has 3 rings (SSSR count). The minimum Gasteiger partial charge on any atom is -0.481 e. The van der Waals surface area contributed by atoms with Crippen LogP contribution in [0.4, 0.5) is 5.13 Å². The Labute approximate surface area is 150 Å². The minimum atomic E-state index is -0.928. The molecule has 0 spiro atoms. The van der Waals surface area contributed by atoms with Gasteiger partial charge in [0.2, 0.25) is 5.91 Å². The molecular weight excluding hydrogens is 336 g/mol. The van der Waals surface area contributed by atoms with Gasteiger partial charge in [0.15, 0.2) is 5.13 Å². The van der Waals surface area contributed by atoms with Gasteiger partial charge in [0.05, 0.1) is 17.5 Å². The molecule has 2 aromatic rings. The average Bonchev–Trinajstić information content (AvgIpc) is 3.05. The van der Waals surface area contributed by atoms with Crippen LogP contribution in [0, 0.1) is 11.8 Å². The number of anilines is 1. The third-order valence-corrected chi connectivity index (χ3v) is 5.50. The second kappa shape index (κ2) is 7.61. The molecule has 25 heavy (non-hydrogen) atoms. The predicted octanol–water partition coefficient (Wildman–Crippen LogP) is 3.98. The number of nitrogens with one attached hydrogen (secondary N) is 1. The molecule has 0 aliphatic heterocycles. The number of benzene rings is 1. The number of rotatable bonds is 5. The fourth-order valence-corrected chi connectivity index (χ4v) is 3.97. The van der Waals surface area contributed by atoms with E-state index in [0.29, 0.717) is 18.0 Å². The Kier molecular flexibility index (Phi) is 5.28. The topological polar surface area (TPSA) is 79.3 Å². The molecule has 1 aromatic heterocycles. The number of carbonyl (C=O) groups is 2. The second-order valence-electron chi connectivity index (χ2n) is 5.99. The van der Waals surface area contributed by atoms with E-state index in [4.69, 9.17) is 0 Å². The molecule has 1 aromatic carbocycles. The van der Waals surface area contributed by atoms with E-state index in [-0.39, 0.29) is 5.91 Å². The number of aliphatic carboxylic acids is 1. The molecule has 1 heterocycles. The molecule has 1 aliphatic carbocycles. The quantitative estimate of drug-likeness (QED) is 0.794. The SMILES string of the molecule is CCc1sc(NC(=O)[C@H]2CC=CC[C@H]2C(=O)O)nc1-c1ccccc1. The van der Waals surface area contributed by atoms with Gasteiger partial charge < -0.3 is 10.4 Å². The summed E-state index contributed by atoms with van der Waals surface area (Å²) in [5, 5.41) is 12.7. The van der Waals surface area contributed by atoms with E-state index in [1.165, 1.54) is 11.3 Å². The van der Waals surface area contributed by atoms with Crippen molar-refractivity contribution in [3.63, 3.8) is 0 Å². The molecule has 0 saturated carbocycles. The van der Waals surface area contributed by atoms with E-state index in [2.05, 4.69) is 17.2 Å². The van der Waals surface area contributed by atoms with E-state index in [1.54, 1.807) is 0 Å². The summed E-state index contributed by atoms with van der Waals surface area (Å²) in [6, 6.07) is 9.85. The Morgan fingerprint density at radius 2 is 1.88 bits per heavy atom. The smallest absolute Gasteiger partial charge is 0.307 e. The van der Waals surface area contributed by atoms with E-state index >= 15 is 0 Å². The summed E-state index contributed by atoms with van der Waals surface area (Å²) >= 11 is 1.45. The van der Waals surface area contributed by atoms with Crippen LogP contribution in [0.3, 0.4) is 0 Å². The number of carboxylic acid groups (broad SMARTS) is 1. The highest BCUT2D eigenvalue weighted by Gasteiger charge is 2.34. The summed E-state index contributed by atoms with van der Waals surface area (Å²) in [6.07, 6.45) is 5.36. The molecular formula is C19H20N2O3S. The number of amides is 1. The van der Waals surface area contributed by atoms with Crippen molar-refractivity contribution in [2.75, 3.05) is 5.32 Å². The standard InChI is InChI=1S/C19H20N2O3S/c1-2-15-16(12-8-4-3-5-9-12)20-19(25-15)21-17(22)13-10-6-7-11-14(13)18(23)24/h3-9,13-14H,2,10-11H2,1H3,(H,23,24)(H,20,21,22)/t13-,14+/m0/s1. The summed E-state index contributed by atoms with van der Waals surface area (Å²) in [7, 11) is 0. The highest BCUT2D eigenvalue weighted by atomic mass is 32.1. The van der Waals surface area contributed by atoms with E-state index < -0.39 is 17.8 Å². The number of aromatic nitrogens is 1. The highest BCUT2D eigenvalue weighted by molar-refractivity contribution is 7.16. The molecule has 1 aliphatic rings. The fraction of sp³-hybridized carbons (Fsp3) is 0.316. The van der Waals surface area contributed by atoms with Crippen LogP contribution in [0.2, 0.25) is 0 Å². The summed E-state index contributed by atoms with van der Waals surface area (Å²) in [5.41, 5.74) is 1.89. The number of carbonyl (C=O) groups excluding carboxylic acids is 1. The van der Waals surface area contributed by atoms with Crippen LogP contribution in [0.15, 0.2) is 42.5 Å². The third-order valence-electron chi connectivity index (χ3n) is 4.38.